The molecule has 0 rings (SSSR count). The van der Waals surface area contributed by atoms with E-state index in [0.29, 0.717) is 6.61 Å². The molecule has 0 aromatic carbocycles. The predicted octanol–water partition coefficient (Wildman–Crippen LogP) is 2.36. The van der Waals surface area contributed by atoms with E-state index in [-0.39, 0.29) is 11.0 Å². The van der Waals surface area contributed by atoms with Crippen LogP contribution in [-0.4, -0.2) is 66.3 Å². The van der Waals surface area contributed by atoms with E-state index in [0.717, 1.165) is 32.1 Å². The molecule has 0 fully saturated rings. The van der Waals surface area contributed by atoms with Gasteiger partial charge in [0.05, 0.1) is 21.1 Å². The summed E-state index contributed by atoms with van der Waals surface area (Å²) in [6, 6.07) is 0. The van der Waals surface area contributed by atoms with Crippen LogP contribution in [0.2, 0.25) is 0 Å². The SMILES string of the molecule is C[N+](C)(C)CC(O)(CC(=O)[O-])C(=O)C=CCCCCCCCCCCCCCO. The monoisotopic (exact) mass is 413 g/mol. The van der Waals surface area contributed by atoms with E-state index >= 15 is 0 Å². The van der Waals surface area contributed by atoms with Gasteiger partial charge >= 0.3 is 0 Å². The first kappa shape index (κ1) is 27.8. The quantitative estimate of drug-likeness (QED) is 0.192. The number of quaternary nitrogens is 1. The molecule has 0 aliphatic rings. The van der Waals surface area contributed by atoms with E-state index in [9.17, 15) is 19.8 Å². The van der Waals surface area contributed by atoms with Crippen molar-refractivity contribution >= 4 is 11.8 Å². The van der Waals surface area contributed by atoms with E-state index in [1.54, 1.807) is 27.2 Å². The van der Waals surface area contributed by atoms with Gasteiger partial charge in [0.1, 0.15) is 6.54 Å². The third-order valence-corrected chi connectivity index (χ3v) is 4.93. The third-order valence-electron chi connectivity index (χ3n) is 4.93. The van der Waals surface area contributed by atoms with E-state index in [1.165, 1.54) is 51.0 Å². The lowest BCUT2D eigenvalue weighted by atomic mass is 9.92. The molecule has 0 bridgehead atoms. The number of carboxylic acids is 1. The zero-order valence-electron chi connectivity index (χ0n) is 18.8. The molecule has 0 radical (unpaired) electrons. The summed E-state index contributed by atoms with van der Waals surface area (Å²) in [5.74, 6) is -1.98. The van der Waals surface area contributed by atoms with Crippen LogP contribution >= 0.6 is 0 Å². The molecule has 29 heavy (non-hydrogen) atoms. The lowest BCUT2D eigenvalue weighted by molar-refractivity contribution is -0.875. The molecule has 0 saturated carbocycles. The number of nitrogens with zero attached hydrogens (tertiary/aromatic N) is 1. The molecular weight excluding hydrogens is 370 g/mol. The average molecular weight is 414 g/mol. The molecule has 0 spiro atoms. The topological polar surface area (TPSA) is 97.7 Å². The number of carbonyl (C=O) groups is 2. The van der Waals surface area contributed by atoms with Gasteiger partial charge in [-0.2, -0.15) is 0 Å². The molecule has 6 heteroatoms. The Morgan fingerprint density at radius 2 is 1.31 bits per heavy atom. The lowest BCUT2D eigenvalue weighted by Gasteiger charge is -2.34. The summed E-state index contributed by atoms with van der Waals surface area (Å²) in [6.07, 6.45) is 16.0. The van der Waals surface area contributed by atoms with Crippen molar-refractivity contribution in [2.45, 2.75) is 89.1 Å². The Bertz CT molecular complexity index is 484. The number of aliphatic carboxylic acids is 1. The van der Waals surface area contributed by atoms with Gasteiger partial charge in [0.2, 0.25) is 0 Å². The normalized spacial score (nSPS) is 14.2. The molecule has 6 nitrogen and oxygen atoms in total. The highest BCUT2D eigenvalue weighted by molar-refractivity contribution is 5.99. The van der Waals surface area contributed by atoms with Crippen molar-refractivity contribution in [1.82, 2.24) is 0 Å². The third kappa shape index (κ3) is 16.3. The minimum atomic E-state index is -1.92. The van der Waals surface area contributed by atoms with Crippen LogP contribution in [0.3, 0.4) is 0 Å². The molecule has 0 aromatic rings. The summed E-state index contributed by atoms with van der Waals surface area (Å²) >= 11 is 0. The fourth-order valence-electron chi connectivity index (χ4n) is 3.55. The number of aliphatic hydroxyl groups excluding tert-OH is 1. The highest BCUT2D eigenvalue weighted by Crippen LogP contribution is 2.17. The van der Waals surface area contributed by atoms with Crippen LogP contribution < -0.4 is 5.11 Å². The van der Waals surface area contributed by atoms with Crippen LogP contribution in [0, 0.1) is 0 Å². The molecule has 1 unspecified atom stereocenters. The number of ketones is 1. The Labute approximate surface area is 177 Å². The Morgan fingerprint density at radius 3 is 1.72 bits per heavy atom. The van der Waals surface area contributed by atoms with Gasteiger partial charge < -0.3 is 24.6 Å². The fraction of sp³-hybridized carbons (Fsp3) is 0.826. The van der Waals surface area contributed by atoms with Crippen molar-refractivity contribution in [3.05, 3.63) is 12.2 Å². The van der Waals surface area contributed by atoms with Crippen molar-refractivity contribution < 1.29 is 29.4 Å². The molecule has 0 aliphatic heterocycles. The maximum absolute atomic E-state index is 12.3. The molecule has 0 amide bonds. The highest BCUT2D eigenvalue weighted by Gasteiger charge is 2.39. The number of likely N-dealkylation sites (N-methyl/N-ethyl adjacent to an activating group) is 1. The molecule has 2 N–H and O–H groups in total. The van der Waals surface area contributed by atoms with Gasteiger partial charge in [0.25, 0.3) is 0 Å². The van der Waals surface area contributed by atoms with Gasteiger partial charge in [-0.25, -0.2) is 0 Å². The summed E-state index contributed by atoms with van der Waals surface area (Å²) in [5.41, 5.74) is -1.92. The van der Waals surface area contributed by atoms with Gasteiger partial charge in [-0.3, -0.25) is 4.79 Å². The number of carbonyl (C=O) groups excluding carboxylic acids is 2. The van der Waals surface area contributed by atoms with Gasteiger partial charge in [-0.15, -0.1) is 0 Å². The molecule has 0 aliphatic carbocycles. The number of aliphatic hydroxyl groups is 2. The number of carboxylic acid groups (broad SMARTS) is 1. The summed E-state index contributed by atoms with van der Waals surface area (Å²) < 4.78 is 0.284. The van der Waals surface area contributed by atoms with Crippen LogP contribution in [0.15, 0.2) is 12.2 Å². The van der Waals surface area contributed by atoms with Crippen LogP contribution in [0.25, 0.3) is 0 Å². The van der Waals surface area contributed by atoms with Crippen molar-refractivity contribution in [1.29, 1.82) is 0 Å². The Kier molecular flexibility index (Phi) is 14.9. The van der Waals surface area contributed by atoms with Crippen LogP contribution in [0.4, 0.5) is 0 Å². The second kappa shape index (κ2) is 15.6. The zero-order valence-corrected chi connectivity index (χ0v) is 18.8. The van der Waals surface area contributed by atoms with Crippen molar-refractivity contribution in [3.63, 3.8) is 0 Å². The van der Waals surface area contributed by atoms with Gasteiger partial charge in [-0.05, 0) is 25.3 Å². The van der Waals surface area contributed by atoms with Gasteiger partial charge in [0.15, 0.2) is 11.4 Å². The largest absolute Gasteiger partial charge is 0.550 e. The number of rotatable bonds is 19. The molecule has 0 saturated heterocycles. The second-order valence-electron chi connectivity index (χ2n) is 9.20. The highest BCUT2D eigenvalue weighted by atomic mass is 16.4. The first-order valence-corrected chi connectivity index (χ1v) is 11.2. The van der Waals surface area contributed by atoms with E-state index in [2.05, 4.69) is 0 Å². The Balaban J connectivity index is 3.94. The number of hydrogen-bond acceptors (Lipinski definition) is 5. The van der Waals surface area contributed by atoms with E-state index in [1.807, 2.05) is 0 Å². The molecule has 170 valence electrons. The molecule has 0 heterocycles. The van der Waals surface area contributed by atoms with Crippen molar-refractivity contribution in [3.8, 4) is 0 Å². The van der Waals surface area contributed by atoms with Crippen LogP contribution in [0.5, 0.6) is 0 Å². The van der Waals surface area contributed by atoms with Gasteiger partial charge in [0, 0.05) is 19.0 Å². The minimum Gasteiger partial charge on any atom is -0.550 e. The number of hydrogen-bond donors (Lipinski definition) is 2. The minimum absolute atomic E-state index is 0.0194. The predicted molar refractivity (Wildman–Crippen MR) is 114 cm³/mol. The first-order valence-electron chi connectivity index (χ1n) is 11.2. The second-order valence-corrected chi connectivity index (χ2v) is 9.20. The van der Waals surface area contributed by atoms with Crippen molar-refractivity contribution in [2.75, 3.05) is 34.3 Å². The molecule has 1 atom stereocenters. The number of allylic oxidation sites excluding steroid dienone is 1. The van der Waals surface area contributed by atoms with E-state index in [4.69, 9.17) is 5.11 Å². The first-order chi connectivity index (χ1) is 13.6. The summed E-state index contributed by atoms with van der Waals surface area (Å²) in [7, 11) is 5.40. The van der Waals surface area contributed by atoms with Crippen LogP contribution in [-0.2, 0) is 9.59 Å². The Hall–Kier alpha value is -1.24. The lowest BCUT2D eigenvalue weighted by Crippen LogP contribution is -2.55. The summed E-state index contributed by atoms with van der Waals surface area (Å²) in [6.45, 7) is 0.325. The molecule has 0 aromatic heterocycles. The zero-order chi connectivity index (χ0) is 22.2. The maximum atomic E-state index is 12.3. The smallest absolute Gasteiger partial charge is 0.193 e. The van der Waals surface area contributed by atoms with Crippen LogP contribution in [0.1, 0.15) is 83.5 Å². The summed E-state index contributed by atoms with van der Waals surface area (Å²) in [5, 5.41) is 30.2. The summed E-state index contributed by atoms with van der Waals surface area (Å²) in [4.78, 5) is 23.3. The standard InChI is InChI=1S/C23H43NO5/c1-24(2,3)20-23(29,19-22(27)28)21(26)17-15-13-11-9-7-5-4-6-8-10-12-14-16-18-25/h15,17,25,29H,4-14,16,18-20H2,1-3H3. The maximum Gasteiger partial charge on any atom is 0.193 e. The number of unbranched alkanes of at least 4 members (excludes halogenated alkanes) is 11. The molecular formula is C23H43NO5. The van der Waals surface area contributed by atoms with E-state index < -0.39 is 23.8 Å². The Morgan fingerprint density at radius 1 is 0.862 bits per heavy atom. The van der Waals surface area contributed by atoms with Crippen molar-refractivity contribution in [2.24, 2.45) is 0 Å². The van der Waals surface area contributed by atoms with Gasteiger partial charge in [-0.1, -0.05) is 63.9 Å². The average Bonchev–Trinajstić information content (AvgIpc) is 2.59. The fourth-order valence-corrected chi connectivity index (χ4v) is 3.55.